The maximum atomic E-state index is 12.3. The molecule has 0 saturated heterocycles. The normalized spacial score (nSPS) is 12.2. The Morgan fingerprint density at radius 3 is 2.50 bits per heavy atom. The molecule has 0 radical (unpaired) electrons. The van der Waals surface area contributed by atoms with Gasteiger partial charge < -0.3 is 30.2 Å². The van der Waals surface area contributed by atoms with Crippen LogP contribution in [0.3, 0.4) is 0 Å². The number of aliphatic carboxylic acids is 1. The zero-order chi connectivity index (χ0) is 21.1. The summed E-state index contributed by atoms with van der Waals surface area (Å²) in [5.74, 6) is -2.71. The number of benzene rings is 1. The number of carboxylic acid groups (broad SMARTS) is 1. The van der Waals surface area contributed by atoms with Gasteiger partial charge in [-0.2, -0.15) is 0 Å². The first-order valence-electron chi connectivity index (χ1n) is 8.70. The van der Waals surface area contributed by atoms with Gasteiger partial charge in [0.05, 0.1) is 12.8 Å². The van der Waals surface area contributed by atoms with Crippen molar-refractivity contribution in [3.8, 4) is 0 Å². The molecule has 0 fully saturated rings. The van der Waals surface area contributed by atoms with Crippen molar-refractivity contribution in [3.63, 3.8) is 0 Å². The van der Waals surface area contributed by atoms with Crippen molar-refractivity contribution in [2.24, 2.45) is 5.73 Å². The number of nitrogens with one attached hydrogen (secondary N) is 2. The Hall–Kier alpha value is -3.15. The molecule has 0 unspecified atom stereocenters. The highest BCUT2D eigenvalue weighted by Crippen LogP contribution is 2.09. The smallest absolute Gasteiger partial charge is 0.409 e. The molecule has 12 heteroatoms. The van der Waals surface area contributed by atoms with E-state index in [1.165, 1.54) is 12.3 Å². The Balaban J connectivity index is 0.00000450. The average molecular weight is 443 g/mol. The van der Waals surface area contributed by atoms with E-state index in [0.717, 1.165) is 0 Å². The van der Waals surface area contributed by atoms with E-state index < -0.39 is 30.2 Å². The summed E-state index contributed by atoms with van der Waals surface area (Å²) >= 11 is 0. The van der Waals surface area contributed by atoms with Crippen LogP contribution in [0.5, 0.6) is 0 Å². The van der Waals surface area contributed by atoms with E-state index in [2.05, 4.69) is 15.8 Å². The molecule has 0 spiro atoms. The van der Waals surface area contributed by atoms with E-state index in [0.29, 0.717) is 18.5 Å². The first-order chi connectivity index (χ1) is 14.0. The molecule has 5 N–H and O–H groups in total. The number of rotatable bonds is 11. The topological polar surface area (TPSA) is 166 Å². The molecule has 0 bridgehead atoms. The zero-order valence-electron chi connectivity index (χ0n) is 15.9. The van der Waals surface area contributed by atoms with Crippen molar-refractivity contribution >= 4 is 30.4 Å². The fourth-order valence-electron chi connectivity index (χ4n) is 2.20. The van der Waals surface area contributed by atoms with Gasteiger partial charge >= 0.3 is 12.1 Å². The molecule has 1 atom stereocenters. The number of hydrogen-bond acceptors (Lipinski definition) is 8. The maximum Gasteiger partial charge on any atom is 0.409 e. The molecule has 30 heavy (non-hydrogen) atoms. The summed E-state index contributed by atoms with van der Waals surface area (Å²) in [5, 5.41) is 17.5. The van der Waals surface area contributed by atoms with Crippen LogP contribution in [0.15, 0.2) is 47.1 Å². The fraction of sp³-hybridized carbons (Fsp3) is 0.333. The maximum absolute atomic E-state index is 12.3. The first kappa shape index (κ1) is 24.9. The molecule has 1 aromatic carbocycles. The van der Waals surface area contributed by atoms with Crippen molar-refractivity contribution in [3.05, 3.63) is 53.9 Å². The third kappa shape index (κ3) is 7.35. The molecular formula is C18H23ClN4O7. The number of alkyl carbamates (subject to hydrolysis) is 1. The standard InChI is InChI=1S/C18H22N4O7.ClH/c19-8-4-10-27-12-18(16(24)25,21-15(23)14-7-9-20-29-14)22-17(26)28-11-13-5-2-1-3-6-13;/h1-3,5-7,9H,4,8,10-12,19H2,(H,21,23)(H,22,26)(H,24,25);1H/t18-;/m0./s1. The largest absolute Gasteiger partial charge is 0.478 e. The lowest BCUT2D eigenvalue weighted by Crippen LogP contribution is -2.68. The number of carbonyl (C=O) groups excluding carboxylic acids is 2. The number of aromatic nitrogens is 1. The van der Waals surface area contributed by atoms with Gasteiger partial charge in [-0.3, -0.25) is 10.1 Å². The van der Waals surface area contributed by atoms with Crippen molar-refractivity contribution in [1.82, 2.24) is 15.8 Å². The van der Waals surface area contributed by atoms with E-state index in [9.17, 15) is 19.5 Å². The summed E-state index contributed by atoms with van der Waals surface area (Å²) in [6.45, 7) is -0.198. The van der Waals surface area contributed by atoms with Crippen molar-refractivity contribution < 1.29 is 33.5 Å². The number of halogens is 1. The Bertz CT molecular complexity index is 804. The van der Waals surface area contributed by atoms with Crippen LogP contribution in [0.25, 0.3) is 0 Å². The molecule has 1 heterocycles. The van der Waals surface area contributed by atoms with E-state index in [1.807, 2.05) is 0 Å². The Morgan fingerprint density at radius 2 is 1.90 bits per heavy atom. The lowest BCUT2D eigenvalue weighted by atomic mass is 10.1. The highest BCUT2D eigenvalue weighted by atomic mass is 35.5. The van der Waals surface area contributed by atoms with Crippen molar-refractivity contribution in [1.29, 1.82) is 0 Å². The second-order valence-corrected chi connectivity index (χ2v) is 5.92. The van der Waals surface area contributed by atoms with Crippen molar-refractivity contribution in [2.75, 3.05) is 19.8 Å². The van der Waals surface area contributed by atoms with E-state index in [4.69, 9.17) is 19.7 Å². The zero-order valence-corrected chi connectivity index (χ0v) is 16.7. The number of nitrogens with zero attached hydrogens (tertiary/aromatic N) is 1. The lowest BCUT2D eigenvalue weighted by Gasteiger charge is -2.30. The minimum absolute atomic E-state index is 0. The van der Waals surface area contributed by atoms with Gasteiger partial charge in [0.2, 0.25) is 11.4 Å². The molecule has 2 amide bonds. The molecule has 0 aliphatic rings. The van der Waals surface area contributed by atoms with E-state index >= 15 is 0 Å². The van der Waals surface area contributed by atoms with Gasteiger partial charge in [-0.05, 0) is 18.5 Å². The molecule has 164 valence electrons. The number of ether oxygens (including phenoxy) is 2. The van der Waals surface area contributed by atoms with Gasteiger partial charge in [0.25, 0.3) is 5.91 Å². The van der Waals surface area contributed by atoms with Crippen LogP contribution >= 0.6 is 12.4 Å². The summed E-state index contributed by atoms with van der Waals surface area (Å²) in [6.07, 6.45) is 0.623. The first-order valence-corrected chi connectivity index (χ1v) is 8.70. The van der Waals surface area contributed by atoms with Crippen LogP contribution in [0.1, 0.15) is 22.5 Å². The highest BCUT2D eigenvalue weighted by Gasteiger charge is 2.43. The predicted molar refractivity (Wildman–Crippen MR) is 106 cm³/mol. The van der Waals surface area contributed by atoms with E-state index in [1.54, 1.807) is 30.3 Å². The predicted octanol–water partition coefficient (Wildman–Crippen LogP) is 0.899. The van der Waals surface area contributed by atoms with Crippen LogP contribution in [-0.4, -0.2) is 53.7 Å². The van der Waals surface area contributed by atoms with Crippen LogP contribution < -0.4 is 16.4 Å². The Kier molecular flexibility index (Phi) is 10.3. The Morgan fingerprint density at radius 1 is 1.17 bits per heavy atom. The molecule has 2 aromatic rings. The van der Waals surface area contributed by atoms with Gasteiger partial charge in [-0.1, -0.05) is 35.5 Å². The van der Waals surface area contributed by atoms with Crippen LogP contribution in [0.2, 0.25) is 0 Å². The minimum Gasteiger partial charge on any atom is -0.478 e. The third-order valence-electron chi connectivity index (χ3n) is 3.69. The fourth-order valence-corrected chi connectivity index (χ4v) is 2.20. The number of carbonyl (C=O) groups is 3. The molecular weight excluding hydrogens is 420 g/mol. The van der Waals surface area contributed by atoms with Gasteiger partial charge in [-0.25, -0.2) is 9.59 Å². The lowest BCUT2D eigenvalue weighted by molar-refractivity contribution is -0.149. The summed E-state index contributed by atoms with van der Waals surface area (Å²) in [4.78, 5) is 36.5. The molecule has 2 rings (SSSR count). The quantitative estimate of drug-likeness (QED) is 0.292. The van der Waals surface area contributed by atoms with Gasteiger partial charge in [-0.15, -0.1) is 12.4 Å². The van der Waals surface area contributed by atoms with Gasteiger partial charge in [0.15, 0.2) is 0 Å². The molecule has 0 saturated carbocycles. The summed E-state index contributed by atoms with van der Waals surface area (Å²) < 4.78 is 15.1. The van der Waals surface area contributed by atoms with Crippen LogP contribution in [0, 0.1) is 0 Å². The summed E-state index contributed by atoms with van der Waals surface area (Å²) in [7, 11) is 0. The van der Waals surface area contributed by atoms with E-state index in [-0.39, 0.29) is 31.4 Å². The van der Waals surface area contributed by atoms with Crippen LogP contribution in [-0.2, 0) is 20.9 Å². The van der Waals surface area contributed by atoms with Crippen LogP contribution in [0.4, 0.5) is 4.79 Å². The van der Waals surface area contributed by atoms with Crippen molar-refractivity contribution in [2.45, 2.75) is 18.7 Å². The number of hydrogen-bond donors (Lipinski definition) is 4. The monoisotopic (exact) mass is 442 g/mol. The molecule has 1 aromatic heterocycles. The van der Waals surface area contributed by atoms with Gasteiger partial charge in [0, 0.05) is 12.7 Å². The molecule has 0 aliphatic heterocycles. The summed E-state index contributed by atoms with van der Waals surface area (Å²) in [5.41, 5.74) is 3.79. The minimum atomic E-state index is -2.30. The SMILES string of the molecule is Cl.NCCCOC[C@@](NC(=O)OCc1ccccc1)(NC(=O)c1ccno1)C(=O)O. The molecule has 0 aliphatic carbocycles. The Labute approximate surface area is 178 Å². The molecule has 11 nitrogen and oxygen atoms in total. The summed E-state index contributed by atoms with van der Waals surface area (Å²) in [6, 6.07) is 10.0. The number of nitrogens with two attached hydrogens (primary N) is 1. The average Bonchev–Trinajstić information content (AvgIpc) is 3.25. The number of carboxylic acids is 1. The second kappa shape index (κ2) is 12.4. The third-order valence-corrected chi connectivity index (χ3v) is 3.69. The number of amides is 2. The van der Waals surface area contributed by atoms with Gasteiger partial charge in [0.1, 0.15) is 6.61 Å². The second-order valence-electron chi connectivity index (χ2n) is 5.92. The highest BCUT2D eigenvalue weighted by molar-refractivity contribution is 5.96.